The lowest BCUT2D eigenvalue weighted by Crippen LogP contribution is -2.30. The van der Waals surface area contributed by atoms with Crippen LogP contribution in [0.2, 0.25) is 0 Å². The van der Waals surface area contributed by atoms with Gasteiger partial charge < -0.3 is 64.8 Å². The number of unbranched alkanes of at least 4 members (excludes halogenated alkanes) is 2. The van der Waals surface area contributed by atoms with Gasteiger partial charge in [-0.3, -0.25) is 0 Å². The normalized spacial score (nSPS) is 16.6. The Balaban J connectivity index is 0.000000168. The first-order chi connectivity index (χ1) is 40.4. The van der Waals surface area contributed by atoms with Crippen molar-refractivity contribution in [3.63, 3.8) is 0 Å². The van der Waals surface area contributed by atoms with E-state index in [0.29, 0.717) is 48.0 Å². The Morgan fingerprint density at radius 2 is 0.714 bits per heavy atom. The zero-order chi connectivity index (χ0) is 59.9. The first kappa shape index (κ1) is 63.2. The minimum Gasteiger partial charge on any atom is -0.494 e. The van der Waals surface area contributed by atoms with Crippen LogP contribution in [0.4, 0.5) is 34.1 Å². The van der Waals surface area contributed by atoms with E-state index in [1.165, 1.54) is 93.2 Å². The van der Waals surface area contributed by atoms with Crippen molar-refractivity contribution in [3.05, 3.63) is 205 Å². The fourth-order valence-electron chi connectivity index (χ4n) is 10.2. The van der Waals surface area contributed by atoms with Gasteiger partial charge in [0.15, 0.2) is 0 Å². The van der Waals surface area contributed by atoms with Crippen molar-refractivity contribution in [2.24, 2.45) is 23.3 Å². The van der Waals surface area contributed by atoms with Crippen LogP contribution in [0.25, 0.3) is 0 Å². The van der Waals surface area contributed by atoms with Gasteiger partial charge in [0.05, 0.1) is 23.0 Å². The monoisotopic (exact) mass is 1150 g/mol. The van der Waals surface area contributed by atoms with E-state index in [9.17, 15) is 8.42 Å². The summed E-state index contributed by atoms with van der Waals surface area (Å²) in [4.78, 5) is 0.339. The molecule has 16 N–H and O–H groups in total. The molecule has 0 aliphatic heterocycles. The molecule has 8 aromatic carbocycles. The zero-order valence-corrected chi connectivity index (χ0v) is 49.5. The lowest BCUT2D eigenvalue weighted by molar-refractivity contribution is 0.225. The third-order valence-corrected chi connectivity index (χ3v) is 17.0. The van der Waals surface area contributed by atoms with Crippen LogP contribution < -0.4 is 64.8 Å². The van der Waals surface area contributed by atoms with Crippen molar-refractivity contribution >= 4 is 44.0 Å². The van der Waals surface area contributed by atoms with Crippen LogP contribution in [0.3, 0.4) is 0 Å². The first-order valence-electron chi connectivity index (χ1n) is 29.1. The van der Waals surface area contributed by atoms with Crippen LogP contribution in [0.5, 0.6) is 34.5 Å². The van der Waals surface area contributed by atoms with Gasteiger partial charge in [-0.25, -0.2) is 8.42 Å². The first-order valence-corrected chi connectivity index (χ1v) is 30.6. The van der Waals surface area contributed by atoms with Crippen molar-refractivity contribution in [2.75, 3.05) is 47.6 Å². The van der Waals surface area contributed by atoms with E-state index in [1.807, 2.05) is 121 Å². The van der Waals surface area contributed by atoms with Gasteiger partial charge >= 0.3 is 0 Å². The van der Waals surface area contributed by atoms with E-state index < -0.39 is 9.84 Å². The summed E-state index contributed by atoms with van der Waals surface area (Å²) >= 11 is 0. The highest BCUT2D eigenvalue weighted by Gasteiger charge is 2.26. The van der Waals surface area contributed by atoms with Gasteiger partial charge in [-0.15, -0.1) is 0 Å². The second kappa shape index (κ2) is 31.3. The molecular formula is C69H86N8O6S. The number of benzene rings is 8. The SMILES string of the molecule is CC(C)(c1ccc(Oc2cccc(N)c2)cc1)c1ccc(Oc2cccc(N)c2)cc1.NC1CCC(CC2CCC(N)CC2)CC1.Nc1ccc(OCCCCCOc2ccc(N)cc2)cc1.Nc1cccc(S(=O)(=O)c2cccc(N)c2)c1. The van der Waals surface area contributed by atoms with Gasteiger partial charge in [-0.1, -0.05) is 62.4 Å². The molecule has 444 valence electrons. The average molecular weight is 1160 g/mol. The molecule has 0 heterocycles. The van der Waals surface area contributed by atoms with E-state index in [-0.39, 0.29) is 15.2 Å². The molecule has 2 aliphatic carbocycles. The van der Waals surface area contributed by atoms with Crippen LogP contribution in [0, 0.1) is 11.8 Å². The lowest BCUT2D eigenvalue weighted by atomic mass is 9.76. The lowest BCUT2D eigenvalue weighted by Gasteiger charge is -2.32. The third-order valence-electron chi connectivity index (χ3n) is 15.2. The van der Waals surface area contributed by atoms with E-state index in [1.54, 1.807) is 24.3 Å². The average Bonchev–Trinajstić information content (AvgIpc) is 3.59. The van der Waals surface area contributed by atoms with Crippen LogP contribution in [-0.4, -0.2) is 33.7 Å². The number of sulfone groups is 1. The molecule has 0 radical (unpaired) electrons. The molecule has 0 bridgehead atoms. The van der Waals surface area contributed by atoms with Gasteiger partial charge in [-0.05, 0) is 233 Å². The molecule has 0 saturated heterocycles. The Kier molecular flexibility index (Phi) is 23.6. The van der Waals surface area contributed by atoms with Gasteiger partial charge in [-0.2, -0.15) is 0 Å². The number of hydrogen-bond acceptors (Lipinski definition) is 14. The van der Waals surface area contributed by atoms with Crippen LogP contribution in [0.1, 0.15) is 102 Å². The molecule has 2 aliphatic rings. The van der Waals surface area contributed by atoms with E-state index in [2.05, 4.69) is 38.1 Å². The summed E-state index contributed by atoms with van der Waals surface area (Å²) < 4.78 is 47.5. The molecule has 0 amide bonds. The van der Waals surface area contributed by atoms with E-state index >= 15 is 0 Å². The molecule has 15 heteroatoms. The zero-order valence-electron chi connectivity index (χ0n) is 48.7. The predicted molar refractivity (Wildman–Crippen MR) is 345 cm³/mol. The molecule has 14 nitrogen and oxygen atoms in total. The Hall–Kier alpha value is -8.37. The summed E-state index contributed by atoms with van der Waals surface area (Å²) in [6.07, 6.45) is 15.1. The third kappa shape index (κ3) is 20.5. The summed E-state index contributed by atoms with van der Waals surface area (Å²) in [7, 11) is -3.54. The maximum atomic E-state index is 12.2. The van der Waals surface area contributed by atoms with Crippen LogP contribution >= 0.6 is 0 Å². The minimum absolute atomic E-state index is 0.170. The highest BCUT2D eigenvalue weighted by Crippen LogP contribution is 2.37. The molecule has 0 spiro atoms. The minimum atomic E-state index is -3.54. The molecule has 10 rings (SSSR count). The molecule has 8 aromatic rings. The number of nitrogens with two attached hydrogens (primary N) is 8. The quantitative estimate of drug-likeness (QED) is 0.0293. The summed E-state index contributed by atoms with van der Waals surface area (Å²) in [6, 6.07) is 59.4. The summed E-state index contributed by atoms with van der Waals surface area (Å²) in [5, 5.41) is 0. The van der Waals surface area contributed by atoms with Crippen molar-refractivity contribution in [3.8, 4) is 34.5 Å². The number of rotatable bonds is 18. The Bertz CT molecular complexity index is 3130. The van der Waals surface area contributed by atoms with Gasteiger partial charge in [0.25, 0.3) is 0 Å². The Morgan fingerprint density at radius 1 is 0.381 bits per heavy atom. The summed E-state index contributed by atoms with van der Waals surface area (Å²) in [5.41, 5.74) is 51.8. The van der Waals surface area contributed by atoms with Crippen LogP contribution in [-0.2, 0) is 15.3 Å². The van der Waals surface area contributed by atoms with E-state index in [0.717, 1.165) is 77.0 Å². The summed E-state index contributed by atoms with van der Waals surface area (Å²) in [6.45, 7) is 5.83. The molecule has 0 unspecified atom stereocenters. The van der Waals surface area contributed by atoms with E-state index in [4.69, 9.17) is 64.8 Å². The maximum absolute atomic E-state index is 12.2. The van der Waals surface area contributed by atoms with Crippen molar-refractivity contribution < 1.29 is 27.4 Å². The number of hydrogen-bond donors (Lipinski definition) is 8. The second-order valence-electron chi connectivity index (χ2n) is 22.4. The van der Waals surface area contributed by atoms with Crippen molar-refractivity contribution in [1.82, 2.24) is 0 Å². The molecule has 0 aromatic heterocycles. The Labute approximate surface area is 497 Å². The molecular weight excluding hydrogens is 1070 g/mol. The molecule has 84 heavy (non-hydrogen) atoms. The van der Waals surface area contributed by atoms with Crippen molar-refractivity contribution in [1.29, 1.82) is 0 Å². The fourth-order valence-corrected chi connectivity index (χ4v) is 11.6. The standard InChI is InChI=1S/C27H26N2O2.C17H22N2O2.C13H26N2.C12H12N2O2S/c1-27(2,19-9-13-23(14-10-19)30-25-7-3-5-21(28)17-25)20-11-15-24(16-12-20)31-26-8-4-6-22(29)18-26;18-14-4-8-16(9-5-14)20-12-2-1-3-13-21-17-10-6-15(19)7-11-17;14-12-5-1-10(2-6-12)9-11-3-7-13(15)8-4-11;13-9-3-1-5-11(7-9)17(15,16)12-6-2-4-10(14)8-12/h3-18H,28-29H2,1-2H3;4-11H,1-3,12-13,18-19H2;10-13H,1-9,14-15H2;1-8H,13-14H2. The summed E-state index contributed by atoms with van der Waals surface area (Å²) in [5.74, 6) is 6.68. The predicted octanol–water partition coefficient (Wildman–Crippen LogP) is 14.3. The molecule has 2 fully saturated rings. The van der Waals surface area contributed by atoms with Crippen molar-refractivity contribution in [2.45, 2.75) is 118 Å². The van der Waals surface area contributed by atoms with Gasteiger partial charge in [0, 0.05) is 63.8 Å². The highest BCUT2D eigenvalue weighted by atomic mass is 32.2. The fraction of sp³-hybridized carbons (Fsp3) is 0.304. The second-order valence-corrected chi connectivity index (χ2v) is 24.3. The highest BCUT2D eigenvalue weighted by molar-refractivity contribution is 7.91. The maximum Gasteiger partial charge on any atom is 0.206 e. The van der Waals surface area contributed by atoms with Gasteiger partial charge in [0.1, 0.15) is 34.5 Å². The topological polar surface area (TPSA) is 279 Å². The molecule has 2 saturated carbocycles. The van der Waals surface area contributed by atoms with Gasteiger partial charge in [0.2, 0.25) is 9.84 Å². The van der Waals surface area contributed by atoms with Crippen LogP contribution in [0.15, 0.2) is 204 Å². The smallest absolute Gasteiger partial charge is 0.206 e. The largest absolute Gasteiger partial charge is 0.494 e. The number of anilines is 6. The number of nitrogen functional groups attached to an aromatic ring is 6. The molecule has 0 atom stereocenters. The Morgan fingerprint density at radius 3 is 1.06 bits per heavy atom. The number of ether oxygens (including phenoxy) is 4.